The summed E-state index contributed by atoms with van der Waals surface area (Å²) in [5, 5.41) is 1.09. The molecule has 10 heteroatoms. The highest BCUT2D eigenvalue weighted by Crippen LogP contribution is 2.38. The van der Waals surface area contributed by atoms with Gasteiger partial charge in [-0.15, -0.1) is 0 Å². The lowest BCUT2D eigenvalue weighted by Crippen LogP contribution is -2.39. The van der Waals surface area contributed by atoms with Gasteiger partial charge in [0, 0.05) is 41.9 Å². The van der Waals surface area contributed by atoms with E-state index < -0.39 is 11.7 Å². The van der Waals surface area contributed by atoms with Crippen molar-refractivity contribution in [3.05, 3.63) is 68.4 Å². The van der Waals surface area contributed by atoms with Crippen LogP contribution in [0.5, 0.6) is 0 Å². The molecule has 1 aromatic heterocycles. The molecular weight excluding hydrogens is 518 g/mol. The third kappa shape index (κ3) is 5.34. The third-order valence-corrected chi connectivity index (χ3v) is 7.43. The Kier molecular flexibility index (Phi) is 7.57. The number of aryl methyl sites for hydroxylation is 1. The van der Waals surface area contributed by atoms with Crippen LogP contribution < -0.4 is 0 Å². The Morgan fingerprint density at radius 3 is 2.50 bits per heavy atom. The average molecular weight is 542 g/mol. The number of carbonyl (C=O) groups is 2. The summed E-state index contributed by atoms with van der Waals surface area (Å²) >= 11 is 13.1. The van der Waals surface area contributed by atoms with Gasteiger partial charge in [-0.25, -0.2) is 0 Å². The number of methoxy groups -OCH3 is 1. The van der Waals surface area contributed by atoms with Crippen LogP contribution in [-0.2, 0) is 22.1 Å². The predicted molar refractivity (Wildman–Crippen MR) is 130 cm³/mol. The van der Waals surface area contributed by atoms with Crippen LogP contribution >= 0.6 is 23.2 Å². The maximum absolute atomic E-state index is 13.3. The fraction of sp³-hybridized carbons (Fsp3) is 0.385. The fourth-order valence-electron chi connectivity index (χ4n) is 4.69. The summed E-state index contributed by atoms with van der Waals surface area (Å²) in [6.07, 6.45) is -1.23. The van der Waals surface area contributed by atoms with Gasteiger partial charge in [0.1, 0.15) is 5.58 Å². The van der Waals surface area contributed by atoms with Gasteiger partial charge in [0.05, 0.1) is 29.5 Å². The molecule has 1 fully saturated rings. The molecule has 192 valence electrons. The van der Waals surface area contributed by atoms with E-state index >= 15 is 0 Å². The highest BCUT2D eigenvalue weighted by molar-refractivity contribution is 6.38. The highest BCUT2D eigenvalue weighted by atomic mass is 35.5. The van der Waals surface area contributed by atoms with E-state index in [9.17, 15) is 22.8 Å². The van der Waals surface area contributed by atoms with Crippen molar-refractivity contribution in [3.8, 4) is 0 Å². The van der Waals surface area contributed by atoms with Gasteiger partial charge < -0.3 is 14.1 Å². The van der Waals surface area contributed by atoms with E-state index in [2.05, 4.69) is 0 Å². The zero-order valence-corrected chi connectivity index (χ0v) is 21.2. The number of rotatable bonds is 5. The average Bonchev–Trinajstić information content (AvgIpc) is 3.24. The summed E-state index contributed by atoms with van der Waals surface area (Å²) in [5.41, 5.74) is 1.16. The molecule has 0 spiro atoms. The van der Waals surface area contributed by atoms with Gasteiger partial charge in [0.15, 0.2) is 0 Å². The molecule has 0 unspecified atom stereocenters. The number of furan rings is 1. The molecule has 0 saturated carbocycles. The number of ether oxygens (including phenoxy) is 1. The normalized spacial score (nSPS) is 14.9. The standard InChI is InChI=1S/C26H24Cl2F3NO4/c1-14-9-17(26(29,30)31)12-21-23(14)16(13-36-21)11-19-20(27)4-3-18(24(19)28)25(34)32-7-5-15(6-8-32)10-22(33)35-2/h3-4,9,12-13,15H,5-8,10-11H2,1-2H3. The summed E-state index contributed by atoms with van der Waals surface area (Å²) in [7, 11) is 1.36. The van der Waals surface area contributed by atoms with Crippen molar-refractivity contribution in [2.24, 2.45) is 5.92 Å². The second-order valence-corrected chi connectivity index (χ2v) is 9.79. The van der Waals surface area contributed by atoms with Crippen LogP contribution in [0.2, 0.25) is 10.0 Å². The quantitative estimate of drug-likeness (QED) is 0.324. The van der Waals surface area contributed by atoms with E-state index in [1.165, 1.54) is 13.4 Å². The summed E-state index contributed by atoms with van der Waals surface area (Å²) < 4.78 is 49.7. The van der Waals surface area contributed by atoms with Gasteiger partial charge >= 0.3 is 12.1 Å². The Balaban J connectivity index is 1.57. The van der Waals surface area contributed by atoms with Crippen LogP contribution in [-0.4, -0.2) is 37.0 Å². The molecule has 5 nitrogen and oxygen atoms in total. The molecule has 36 heavy (non-hydrogen) atoms. The van der Waals surface area contributed by atoms with E-state index in [1.807, 2.05) is 0 Å². The van der Waals surface area contributed by atoms with Gasteiger partial charge in [-0.05, 0) is 61.1 Å². The zero-order chi connectivity index (χ0) is 26.2. The SMILES string of the molecule is COC(=O)CC1CCN(C(=O)c2ccc(Cl)c(Cc3coc4cc(C(F)(F)F)cc(C)c34)c2Cl)CC1. The Morgan fingerprint density at radius 2 is 1.86 bits per heavy atom. The summed E-state index contributed by atoms with van der Waals surface area (Å²) in [6, 6.07) is 5.22. The number of likely N-dealkylation sites (tertiary alicyclic amines) is 1. The predicted octanol–water partition coefficient (Wildman–Crippen LogP) is 7.07. The number of carbonyl (C=O) groups excluding carboxylic acids is 2. The summed E-state index contributed by atoms with van der Waals surface area (Å²) in [4.78, 5) is 26.5. The van der Waals surface area contributed by atoms with E-state index in [1.54, 1.807) is 24.0 Å². The van der Waals surface area contributed by atoms with Gasteiger partial charge in [-0.2, -0.15) is 13.2 Å². The van der Waals surface area contributed by atoms with Crippen molar-refractivity contribution >= 4 is 46.0 Å². The topological polar surface area (TPSA) is 59.8 Å². The van der Waals surface area contributed by atoms with Crippen LogP contribution in [0.15, 0.2) is 34.9 Å². The molecule has 0 aliphatic carbocycles. The number of halogens is 5. The molecule has 2 aromatic carbocycles. The first-order valence-corrected chi connectivity index (χ1v) is 12.2. The van der Waals surface area contributed by atoms with Crippen LogP contribution in [0.3, 0.4) is 0 Å². The number of fused-ring (bicyclic) bond motifs is 1. The van der Waals surface area contributed by atoms with Gasteiger partial charge in [-0.3, -0.25) is 9.59 Å². The number of alkyl halides is 3. The monoisotopic (exact) mass is 541 g/mol. The van der Waals surface area contributed by atoms with Crippen molar-refractivity contribution in [2.45, 2.75) is 38.8 Å². The van der Waals surface area contributed by atoms with Crippen molar-refractivity contribution in [2.75, 3.05) is 20.2 Å². The number of benzene rings is 2. The first-order valence-electron chi connectivity index (χ1n) is 11.4. The lowest BCUT2D eigenvalue weighted by Gasteiger charge is -2.32. The Labute approximate surface area is 216 Å². The molecule has 1 aliphatic heterocycles. The van der Waals surface area contributed by atoms with Crippen LogP contribution in [0, 0.1) is 12.8 Å². The molecule has 3 aromatic rings. The lowest BCUT2D eigenvalue weighted by atomic mass is 9.93. The van der Waals surface area contributed by atoms with Crippen molar-refractivity contribution < 1.29 is 31.9 Å². The first-order chi connectivity index (χ1) is 17.0. The first kappa shape index (κ1) is 26.4. The van der Waals surface area contributed by atoms with Crippen LogP contribution in [0.1, 0.15) is 51.9 Å². The van der Waals surface area contributed by atoms with E-state index in [4.69, 9.17) is 32.4 Å². The minimum absolute atomic E-state index is 0.117. The summed E-state index contributed by atoms with van der Waals surface area (Å²) in [5.74, 6) is -0.340. The van der Waals surface area contributed by atoms with Gasteiger partial charge in [-0.1, -0.05) is 23.2 Å². The largest absolute Gasteiger partial charge is 0.469 e. The second-order valence-electron chi connectivity index (χ2n) is 9.01. The number of hydrogen-bond acceptors (Lipinski definition) is 4. The van der Waals surface area contributed by atoms with E-state index in [-0.39, 0.29) is 34.8 Å². The zero-order valence-electron chi connectivity index (χ0n) is 19.7. The molecule has 1 aliphatic rings. The van der Waals surface area contributed by atoms with Crippen LogP contribution in [0.25, 0.3) is 11.0 Å². The maximum atomic E-state index is 13.3. The molecule has 0 N–H and O–H groups in total. The smallest absolute Gasteiger partial charge is 0.416 e. The molecule has 4 rings (SSSR count). The molecule has 1 amide bonds. The molecule has 2 heterocycles. The molecule has 0 bridgehead atoms. The van der Waals surface area contributed by atoms with Crippen molar-refractivity contribution in [3.63, 3.8) is 0 Å². The van der Waals surface area contributed by atoms with E-state index in [0.29, 0.717) is 65.0 Å². The Bertz CT molecular complexity index is 1310. The fourth-order valence-corrected chi connectivity index (χ4v) is 5.28. The van der Waals surface area contributed by atoms with Crippen molar-refractivity contribution in [1.82, 2.24) is 4.90 Å². The van der Waals surface area contributed by atoms with Gasteiger partial charge in [0.2, 0.25) is 0 Å². The molecule has 1 saturated heterocycles. The van der Waals surface area contributed by atoms with Crippen LogP contribution in [0.4, 0.5) is 13.2 Å². The molecule has 0 radical (unpaired) electrons. The second kappa shape index (κ2) is 10.3. The van der Waals surface area contributed by atoms with Gasteiger partial charge in [0.25, 0.3) is 5.91 Å². The Morgan fingerprint density at radius 1 is 1.17 bits per heavy atom. The number of piperidine rings is 1. The molecule has 0 atom stereocenters. The minimum Gasteiger partial charge on any atom is -0.469 e. The number of hydrogen-bond donors (Lipinski definition) is 0. The Hall–Kier alpha value is -2.71. The van der Waals surface area contributed by atoms with E-state index in [0.717, 1.165) is 12.1 Å². The third-order valence-electron chi connectivity index (χ3n) is 6.64. The minimum atomic E-state index is -4.49. The highest BCUT2D eigenvalue weighted by Gasteiger charge is 2.32. The summed E-state index contributed by atoms with van der Waals surface area (Å²) in [6.45, 7) is 2.56. The lowest BCUT2D eigenvalue weighted by molar-refractivity contribution is -0.142. The van der Waals surface area contributed by atoms with Crippen molar-refractivity contribution in [1.29, 1.82) is 0 Å². The number of amides is 1. The molecular formula is C26H24Cl2F3NO4. The number of nitrogens with zero attached hydrogens (tertiary/aromatic N) is 1. The number of esters is 1. The maximum Gasteiger partial charge on any atom is 0.416 e.